The molecule has 0 spiro atoms. The minimum atomic E-state index is 0.491. The van der Waals surface area contributed by atoms with Crippen molar-refractivity contribution in [2.75, 3.05) is 6.61 Å². The largest absolute Gasteiger partial charge is 0.493 e. The standard InChI is InChI=1S/C16H10ClIN2O/c17-15-12-8-11(18)2-3-13(12)19-16(20-15)10-1-4-14-9(7-10)5-6-21-14/h1-4,7-8H,5-6H2. The Morgan fingerprint density at radius 3 is 2.90 bits per heavy atom. The Morgan fingerprint density at radius 1 is 1.10 bits per heavy atom. The molecule has 0 saturated carbocycles. The maximum atomic E-state index is 6.32. The molecule has 0 unspecified atom stereocenters. The van der Waals surface area contributed by atoms with Crippen LogP contribution >= 0.6 is 34.2 Å². The highest BCUT2D eigenvalue weighted by molar-refractivity contribution is 14.1. The van der Waals surface area contributed by atoms with Gasteiger partial charge in [-0.25, -0.2) is 9.97 Å². The van der Waals surface area contributed by atoms with E-state index in [4.69, 9.17) is 16.3 Å². The van der Waals surface area contributed by atoms with E-state index in [2.05, 4.69) is 38.6 Å². The molecule has 2 aromatic carbocycles. The molecule has 0 bridgehead atoms. The molecule has 0 fully saturated rings. The van der Waals surface area contributed by atoms with Crippen molar-refractivity contribution in [1.82, 2.24) is 9.97 Å². The molecule has 3 aromatic rings. The van der Waals surface area contributed by atoms with Crippen molar-refractivity contribution in [3.8, 4) is 17.1 Å². The smallest absolute Gasteiger partial charge is 0.161 e. The van der Waals surface area contributed by atoms with Crippen LogP contribution in [0.3, 0.4) is 0 Å². The zero-order valence-corrected chi connectivity index (χ0v) is 13.9. The molecule has 0 amide bonds. The summed E-state index contributed by atoms with van der Waals surface area (Å²) in [5.74, 6) is 1.61. The fourth-order valence-corrected chi connectivity index (χ4v) is 3.24. The number of hydrogen-bond donors (Lipinski definition) is 0. The lowest BCUT2D eigenvalue weighted by molar-refractivity contribution is 0.357. The van der Waals surface area contributed by atoms with Crippen LogP contribution in [0, 0.1) is 3.57 Å². The van der Waals surface area contributed by atoms with Crippen LogP contribution in [0.4, 0.5) is 0 Å². The number of nitrogens with zero attached hydrogens (tertiary/aromatic N) is 2. The van der Waals surface area contributed by atoms with Crippen molar-refractivity contribution in [3.05, 3.63) is 50.7 Å². The first kappa shape index (κ1) is 13.3. The Hall–Kier alpha value is -1.40. The quantitative estimate of drug-likeness (QED) is 0.440. The van der Waals surface area contributed by atoms with Gasteiger partial charge in [-0.3, -0.25) is 0 Å². The topological polar surface area (TPSA) is 35.0 Å². The van der Waals surface area contributed by atoms with Crippen molar-refractivity contribution >= 4 is 45.1 Å². The molecule has 5 heteroatoms. The van der Waals surface area contributed by atoms with E-state index < -0.39 is 0 Å². The summed E-state index contributed by atoms with van der Waals surface area (Å²) >= 11 is 8.58. The number of halogens is 2. The van der Waals surface area contributed by atoms with Gasteiger partial charge in [0.05, 0.1) is 12.1 Å². The summed E-state index contributed by atoms with van der Waals surface area (Å²) < 4.78 is 6.65. The maximum absolute atomic E-state index is 6.32. The van der Waals surface area contributed by atoms with Crippen molar-refractivity contribution < 1.29 is 4.74 Å². The Morgan fingerprint density at radius 2 is 2.00 bits per heavy atom. The van der Waals surface area contributed by atoms with Crippen molar-refractivity contribution in [2.24, 2.45) is 0 Å². The van der Waals surface area contributed by atoms with E-state index in [1.54, 1.807) is 0 Å². The summed E-state index contributed by atoms with van der Waals surface area (Å²) in [5.41, 5.74) is 3.04. The molecule has 1 aliphatic heterocycles. The van der Waals surface area contributed by atoms with Crippen LogP contribution in [-0.4, -0.2) is 16.6 Å². The summed E-state index contributed by atoms with van der Waals surface area (Å²) in [4.78, 5) is 9.08. The predicted octanol–water partition coefficient (Wildman–Crippen LogP) is 4.49. The van der Waals surface area contributed by atoms with E-state index in [-0.39, 0.29) is 0 Å². The lowest BCUT2D eigenvalue weighted by atomic mass is 10.1. The molecular formula is C16H10ClIN2O. The monoisotopic (exact) mass is 408 g/mol. The van der Waals surface area contributed by atoms with E-state index in [0.29, 0.717) is 11.0 Å². The Bertz CT molecular complexity index is 866. The van der Waals surface area contributed by atoms with Gasteiger partial charge in [0.25, 0.3) is 0 Å². The number of benzene rings is 2. The average molecular weight is 409 g/mol. The second-order valence-electron chi connectivity index (χ2n) is 4.92. The van der Waals surface area contributed by atoms with Crippen molar-refractivity contribution in [1.29, 1.82) is 0 Å². The highest BCUT2D eigenvalue weighted by Crippen LogP contribution is 2.31. The molecule has 3 nitrogen and oxygen atoms in total. The highest BCUT2D eigenvalue weighted by atomic mass is 127. The molecule has 1 aliphatic rings. The molecule has 0 aliphatic carbocycles. The van der Waals surface area contributed by atoms with E-state index >= 15 is 0 Å². The van der Waals surface area contributed by atoms with E-state index in [9.17, 15) is 0 Å². The molecule has 21 heavy (non-hydrogen) atoms. The second-order valence-corrected chi connectivity index (χ2v) is 6.52. The first-order chi connectivity index (χ1) is 10.2. The minimum Gasteiger partial charge on any atom is -0.493 e. The van der Waals surface area contributed by atoms with Crippen LogP contribution in [0.2, 0.25) is 5.15 Å². The van der Waals surface area contributed by atoms with Gasteiger partial charge in [0.2, 0.25) is 0 Å². The number of aromatic nitrogens is 2. The SMILES string of the molecule is Clc1nc(-c2ccc3c(c2)CCO3)nc2ccc(I)cc12. The van der Waals surface area contributed by atoms with E-state index in [1.807, 2.05) is 30.3 Å². The molecule has 0 N–H and O–H groups in total. The second kappa shape index (κ2) is 5.10. The number of rotatable bonds is 1. The Labute approximate surface area is 140 Å². The first-order valence-electron chi connectivity index (χ1n) is 6.59. The number of fused-ring (bicyclic) bond motifs is 2. The summed E-state index contributed by atoms with van der Waals surface area (Å²) in [5, 5.41) is 1.38. The number of ether oxygens (including phenoxy) is 1. The van der Waals surface area contributed by atoms with Crippen molar-refractivity contribution in [3.63, 3.8) is 0 Å². The zero-order chi connectivity index (χ0) is 14.4. The lowest BCUT2D eigenvalue weighted by Gasteiger charge is -2.06. The van der Waals surface area contributed by atoms with Gasteiger partial charge in [-0.05, 0) is 64.6 Å². The van der Waals surface area contributed by atoms with E-state index in [0.717, 1.165) is 38.8 Å². The lowest BCUT2D eigenvalue weighted by Crippen LogP contribution is -1.93. The Kier molecular flexibility index (Phi) is 3.23. The maximum Gasteiger partial charge on any atom is 0.161 e. The third-order valence-corrected chi connectivity index (χ3v) is 4.52. The molecule has 2 heterocycles. The van der Waals surface area contributed by atoms with Crippen molar-refractivity contribution in [2.45, 2.75) is 6.42 Å². The molecule has 104 valence electrons. The molecular weight excluding hydrogens is 399 g/mol. The van der Waals surface area contributed by atoms with E-state index in [1.165, 1.54) is 5.56 Å². The van der Waals surface area contributed by atoms with Gasteiger partial charge in [0.15, 0.2) is 5.82 Å². The van der Waals surface area contributed by atoms with Gasteiger partial charge >= 0.3 is 0 Å². The van der Waals surface area contributed by atoms with Gasteiger partial charge in [-0.15, -0.1) is 0 Å². The van der Waals surface area contributed by atoms with Crippen LogP contribution in [-0.2, 0) is 6.42 Å². The third-order valence-electron chi connectivity index (χ3n) is 3.56. The summed E-state index contributed by atoms with van der Waals surface area (Å²) in [6.07, 6.45) is 0.933. The fourth-order valence-electron chi connectivity index (χ4n) is 2.52. The van der Waals surface area contributed by atoms with Gasteiger partial charge in [0, 0.05) is 20.9 Å². The van der Waals surface area contributed by atoms with Gasteiger partial charge in [-0.1, -0.05) is 11.6 Å². The number of hydrogen-bond acceptors (Lipinski definition) is 3. The van der Waals surface area contributed by atoms with Gasteiger partial charge in [-0.2, -0.15) is 0 Å². The first-order valence-corrected chi connectivity index (χ1v) is 8.05. The molecule has 1 aromatic heterocycles. The van der Waals surface area contributed by atoms with Crippen LogP contribution < -0.4 is 4.74 Å². The molecule has 0 saturated heterocycles. The van der Waals surface area contributed by atoms with Crippen LogP contribution in [0.25, 0.3) is 22.3 Å². The summed E-state index contributed by atoms with van der Waals surface area (Å²) in [7, 11) is 0. The summed E-state index contributed by atoms with van der Waals surface area (Å²) in [6, 6.07) is 12.0. The Balaban J connectivity index is 1.89. The van der Waals surface area contributed by atoms with Crippen LogP contribution in [0.1, 0.15) is 5.56 Å². The minimum absolute atomic E-state index is 0.491. The normalized spacial score (nSPS) is 13.2. The average Bonchev–Trinajstić information content (AvgIpc) is 2.95. The molecule has 0 radical (unpaired) electrons. The molecule has 0 atom stereocenters. The van der Waals surface area contributed by atoms with Crippen LogP contribution in [0.5, 0.6) is 5.75 Å². The van der Waals surface area contributed by atoms with Gasteiger partial charge in [0.1, 0.15) is 10.9 Å². The molecule has 4 rings (SSSR count). The highest BCUT2D eigenvalue weighted by Gasteiger charge is 2.15. The van der Waals surface area contributed by atoms with Crippen LogP contribution in [0.15, 0.2) is 36.4 Å². The predicted molar refractivity (Wildman–Crippen MR) is 91.9 cm³/mol. The fraction of sp³-hybridized carbons (Fsp3) is 0.125. The summed E-state index contributed by atoms with van der Waals surface area (Å²) in [6.45, 7) is 0.747. The van der Waals surface area contributed by atoms with Gasteiger partial charge < -0.3 is 4.74 Å². The third kappa shape index (κ3) is 2.36. The zero-order valence-electron chi connectivity index (χ0n) is 10.9.